The maximum Gasteiger partial charge on any atom is 0.270 e. The Morgan fingerprint density at radius 3 is 2.57 bits per heavy atom. The van der Waals surface area contributed by atoms with E-state index in [2.05, 4.69) is 15.4 Å². The number of benzene rings is 1. The summed E-state index contributed by atoms with van der Waals surface area (Å²) < 4.78 is 11.0. The molecule has 5 nitrogen and oxygen atoms in total. The third-order valence-electron chi connectivity index (χ3n) is 2.94. The number of hydrogen-bond acceptors (Lipinski definition) is 6. The summed E-state index contributed by atoms with van der Waals surface area (Å²) in [5.41, 5.74) is 1.48. The number of nitrogens with zero attached hydrogens (tertiary/aromatic N) is 3. The first-order valence-corrected chi connectivity index (χ1v) is 7.18. The molecule has 102 valence electrons. The molecule has 0 atom stereocenters. The zero-order valence-electron chi connectivity index (χ0n) is 10.8. The summed E-state index contributed by atoms with van der Waals surface area (Å²) in [6, 6.07) is 15.4. The normalized spacial score (nSPS) is 10.9. The first-order chi connectivity index (χ1) is 10.4. The van der Waals surface area contributed by atoms with Gasteiger partial charge in [-0.1, -0.05) is 41.6 Å². The molecule has 0 saturated carbocycles. The van der Waals surface area contributed by atoms with Crippen molar-refractivity contribution in [1.82, 2.24) is 15.4 Å². The maximum atomic E-state index is 5.63. The Kier molecular flexibility index (Phi) is 2.86. The number of hydrogen-bond donors (Lipinski definition) is 0. The highest BCUT2D eigenvalue weighted by atomic mass is 32.1. The highest BCUT2D eigenvalue weighted by molar-refractivity contribution is 7.13. The second-order valence-electron chi connectivity index (χ2n) is 4.33. The molecule has 3 heterocycles. The van der Waals surface area contributed by atoms with Gasteiger partial charge in [-0.25, -0.2) is 0 Å². The fraction of sp³-hybridized carbons (Fsp3) is 0. The lowest BCUT2D eigenvalue weighted by Crippen LogP contribution is -1.75. The second kappa shape index (κ2) is 4.99. The van der Waals surface area contributed by atoms with Gasteiger partial charge in [0.25, 0.3) is 11.8 Å². The van der Waals surface area contributed by atoms with Crippen LogP contribution in [0, 0.1) is 0 Å². The molecule has 4 aromatic rings. The van der Waals surface area contributed by atoms with Crippen molar-refractivity contribution in [2.24, 2.45) is 0 Å². The molecule has 0 fully saturated rings. The minimum atomic E-state index is 0.351. The van der Waals surface area contributed by atoms with Crippen molar-refractivity contribution >= 4 is 11.3 Å². The predicted molar refractivity (Wildman–Crippen MR) is 78.5 cm³/mol. The molecule has 3 aromatic heterocycles. The van der Waals surface area contributed by atoms with E-state index in [1.54, 1.807) is 17.4 Å². The van der Waals surface area contributed by atoms with Gasteiger partial charge in [0, 0.05) is 11.6 Å². The third kappa shape index (κ3) is 2.25. The summed E-state index contributed by atoms with van der Waals surface area (Å²) in [6.45, 7) is 0. The van der Waals surface area contributed by atoms with Crippen molar-refractivity contribution < 1.29 is 8.94 Å². The Morgan fingerprint density at radius 2 is 1.76 bits per heavy atom. The minimum Gasteiger partial charge on any atom is -0.414 e. The molecule has 6 heteroatoms. The highest BCUT2D eigenvalue weighted by Crippen LogP contribution is 2.28. The van der Waals surface area contributed by atoms with E-state index in [9.17, 15) is 0 Å². The lowest BCUT2D eigenvalue weighted by Gasteiger charge is -1.91. The molecular weight excluding hydrogens is 286 g/mol. The smallest absolute Gasteiger partial charge is 0.270 e. The number of rotatable bonds is 3. The van der Waals surface area contributed by atoms with Crippen LogP contribution in [0.5, 0.6) is 0 Å². The molecule has 0 aliphatic carbocycles. The van der Waals surface area contributed by atoms with Gasteiger partial charge in [-0.05, 0) is 11.4 Å². The monoisotopic (exact) mass is 295 g/mol. The van der Waals surface area contributed by atoms with Crippen molar-refractivity contribution in [1.29, 1.82) is 0 Å². The Bertz CT molecular complexity index is 850. The largest absolute Gasteiger partial charge is 0.414 e. The standard InChI is InChI=1S/C15H9N3O2S/c1-2-5-10(6-3-1)12-9-11(18-20-12)14-16-17-15(19-14)13-7-4-8-21-13/h1-9H. The van der Waals surface area contributed by atoms with Crippen LogP contribution in [-0.4, -0.2) is 15.4 Å². The Morgan fingerprint density at radius 1 is 0.905 bits per heavy atom. The third-order valence-corrected chi connectivity index (χ3v) is 3.80. The van der Waals surface area contributed by atoms with E-state index in [0.717, 1.165) is 10.4 Å². The topological polar surface area (TPSA) is 65.0 Å². The quantitative estimate of drug-likeness (QED) is 0.569. The van der Waals surface area contributed by atoms with Gasteiger partial charge < -0.3 is 8.94 Å². The van der Waals surface area contributed by atoms with Crippen LogP contribution in [0.1, 0.15) is 0 Å². The molecule has 21 heavy (non-hydrogen) atoms. The zero-order chi connectivity index (χ0) is 14.1. The summed E-state index contributed by atoms with van der Waals surface area (Å²) in [5, 5.41) is 14.0. The van der Waals surface area contributed by atoms with E-state index >= 15 is 0 Å². The number of aromatic nitrogens is 3. The first-order valence-electron chi connectivity index (χ1n) is 6.30. The Labute approximate surface area is 123 Å². The van der Waals surface area contributed by atoms with Crippen molar-refractivity contribution in [2.75, 3.05) is 0 Å². The van der Waals surface area contributed by atoms with Gasteiger partial charge >= 0.3 is 0 Å². The molecule has 0 bridgehead atoms. The summed E-state index contributed by atoms with van der Waals surface area (Å²) in [6.07, 6.45) is 0. The molecule has 0 aliphatic heterocycles. The summed E-state index contributed by atoms with van der Waals surface area (Å²) in [7, 11) is 0. The summed E-state index contributed by atoms with van der Waals surface area (Å²) in [5.74, 6) is 1.51. The molecule has 0 saturated heterocycles. The summed E-state index contributed by atoms with van der Waals surface area (Å²) >= 11 is 1.55. The second-order valence-corrected chi connectivity index (χ2v) is 5.28. The van der Waals surface area contributed by atoms with Gasteiger partial charge in [-0.2, -0.15) is 0 Å². The van der Waals surface area contributed by atoms with Crippen molar-refractivity contribution in [2.45, 2.75) is 0 Å². The summed E-state index contributed by atoms with van der Waals surface area (Å²) in [4.78, 5) is 0.931. The molecule has 0 radical (unpaired) electrons. The van der Waals surface area contributed by atoms with Crippen molar-refractivity contribution in [3.05, 3.63) is 53.9 Å². The van der Waals surface area contributed by atoms with E-state index < -0.39 is 0 Å². The molecule has 4 rings (SSSR count). The first kappa shape index (κ1) is 12.0. The Balaban J connectivity index is 1.67. The van der Waals surface area contributed by atoms with E-state index in [0.29, 0.717) is 23.2 Å². The molecular formula is C15H9N3O2S. The fourth-order valence-electron chi connectivity index (χ4n) is 1.94. The van der Waals surface area contributed by atoms with Crippen LogP contribution in [0.3, 0.4) is 0 Å². The van der Waals surface area contributed by atoms with Gasteiger partial charge in [0.15, 0.2) is 11.5 Å². The lowest BCUT2D eigenvalue weighted by molar-refractivity contribution is 0.431. The molecule has 0 unspecified atom stereocenters. The highest BCUT2D eigenvalue weighted by Gasteiger charge is 2.15. The van der Waals surface area contributed by atoms with Crippen LogP contribution >= 0.6 is 11.3 Å². The van der Waals surface area contributed by atoms with Crippen LogP contribution in [0.4, 0.5) is 0 Å². The molecule has 0 spiro atoms. The van der Waals surface area contributed by atoms with Crippen LogP contribution in [0.15, 0.2) is 62.9 Å². The van der Waals surface area contributed by atoms with E-state index in [1.165, 1.54) is 0 Å². The predicted octanol–water partition coefficient (Wildman–Crippen LogP) is 4.12. The molecule has 1 aromatic carbocycles. The zero-order valence-corrected chi connectivity index (χ0v) is 11.6. The van der Waals surface area contributed by atoms with Gasteiger partial charge in [-0.15, -0.1) is 21.5 Å². The average Bonchev–Trinajstić information content (AvgIpc) is 3.27. The van der Waals surface area contributed by atoms with Crippen molar-refractivity contribution in [3.63, 3.8) is 0 Å². The van der Waals surface area contributed by atoms with Crippen LogP contribution in [-0.2, 0) is 0 Å². The van der Waals surface area contributed by atoms with Gasteiger partial charge in [-0.3, -0.25) is 0 Å². The van der Waals surface area contributed by atoms with Crippen LogP contribution < -0.4 is 0 Å². The molecule has 0 N–H and O–H groups in total. The fourth-order valence-corrected chi connectivity index (χ4v) is 2.59. The van der Waals surface area contributed by atoms with Gasteiger partial charge in [0.2, 0.25) is 0 Å². The van der Waals surface area contributed by atoms with Crippen LogP contribution in [0.25, 0.3) is 33.7 Å². The van der Waals surface area contributed by atoms with Gasteiger partial charge in [0.1, 0.15) is 0 Å². The Hall–Kier alpha value is -2.73. The van der Waals surface area contributed by atoms with Crippen LogP contribution in [0.2, 0.25) is 0 Å². The van der Waals surface area contributed by atoms with Gasteiger partial charge in [0.05, 0.1) is 4.88 Å². The van der Waals surface area contributed by atoms with Crippen molar-refractivity contribution in [3.8, 4) is 33.7 Å². The SMILES string of the molecule is c1ccc(-c2cc(-c3nnc(-c4cccs4)o3)no2)cc1. The average molecular weight is 295 g/mol. The minimum absolute atomic E-state index is 0.351. The lowest BCUT2D eigenvalue weighted by atomic mass is 10.2. The molecule has 0 aliphatic rings. The van der Waals surface area contributed by atoms with E-state index in [1.807, 2.05) is 47.8 Å². The maximum absolute atomic E-state index is 5.63. The van der Waals surface area contributed by atoms with E-state index in [4.69, 9.17) is 8.94 Å². The van der Waals surface area contributed by atoms with E-state index in [-0.39, 0.29) is 0 Å². The number of thiophene rings is 1. The molecule has 0 amide bonds.